The van der Waals surface area contributed by atoms with Crippen LogP contribution in [0.25, 0.3) is 0 Å². The van der Waals surface area contributed by atoms with Crippen LogP contribution < -0.4 is 10.2 Å². The summed E-state index contributed by atoms with van der Waals surface area (Å²) >= 11 is 0. The van der Waals surface area contributed by atoms with E-state index in [-0.39, 0.29) is 19.7 Å². The van der Waals surface area contributed by atoms with Crippen LogP contribution in [-0.4, -0.2) is 38.0 Å². The van der Waals surface area contributed by atoms with Gasteiger partial charge < -0.3 is 14.8 Å². The maximum Gasteiger partial charge on any atom is 0.414 e. The minimum atomic E-state index is -0.564. The van der Waals surface area contributed by atoms with E-state index < -0.39 is 24.1 Å². The van der Waals surface area contributed by atoms with Gasteiger partial charge in [-0.15, -0.1) is 0 Å². The van der Waals surface area contributed by atoms with E-state index in [1.54, 1.807) is 13.0 Å². The van der Waals surface area contributed by atoms with Gasteiger partial charge >= 0.3 is 12.2 Å². The normalized spacial score (nSPS) is 17.8. The van der Waals surface area contributed by atoms with Crippen LogP contribution in [0.3, 0.4) is 0 Å². The van der Waals surface area contributed by atoms with Crippen molar-refractivity contribution in [3.63, 3.8) is 0 Å². The fraction of sp³-hybridized carbons (Fsp3) is 0.385. The molecule has 1 aromatic carbocycles. The van der Waals surface area contributed by atoms with Gasteiger partial charge in [0.25, 0.3) is 0 Å². The van der Waals surface area contributed by atoms with E-state index in [1.807, 2.05) is 0 Å². The summed E-state index contributed by atoms with van der Waals surface area (Å²) in [6, 6.07) is 5.68. The Hall–Kier alpha value is -2.31. The van der Waals surface area contributed by atoms with Crippen LogP contribution in [0.15, 0.2) is 24.3 Å². The minimum Gasteiger partial charge on any atom is -0.450 e. The highest BCUT2D eigenvalue weighted by molar-refractivity contribution is 5.89. The number of ether oxygens (including phenoxy) is 2. The molecule has 1 N–H and O–H groups in total. The largest absolute Gasteiger partial charge is 0.450 e. The van der Waals surface area contributed by atoms with E-state index in [1.165, 1.54) is 23.1 Å². The molecule has 1 aliphatic heterocycles. The Kier molecular flexibility index (Phi) is 4.39. The van der Waals surface area contributed by atoms with Crippen LogP contribution in [0.1, 0.15) is 6.92 Å². The number of benzene rings is 1. The van der Waals surface area contributed by atoms with Crippen LogP contribution in [0.4, 0.5) is 19.7 Å². The highest BCUT2D eigenvalue weighted by Crippen LogP contribution is 2.21. The Morgan fingerprint density at radius 1 is 1.60 bits per heavy atom. The van der Waals surface area contributed by atoms with Crippen LogP contribution in [0, 0.1) is 5.82 Å². The first-order valence-electron chi connectivity index (χ1n) is 6.24. The molecule has 0 aliphatic carbocycles. The Morgan fingerprint density at radius 2 is 2.40 bits per heavy atom. The number of alkyl carbamates (subject to hydrolysis) is 1. The molecule has 108 valence electrons. The Labute approximate surface area is 115 Å². The van der Waals surface area contributed by atoms with Crippen molar-refractivity contribution in [2.45, 2.75) is 13.0 Å². The van der Waals surface area contributed by atoms with E-state index in [0.29, 0.717) is 5.69 Å². The Bertz CT molecular complexity index is 509. The number of nitrogens with zero attached hydrogens (tertiary/aromatic N) is 1. The second-order valence-electron chi connectivity index (χ2n) is 4.20. The molecule has 20 heavy (non-hydrogen) atoms. The molecule has 0 spiro atoms. The average Bonchev–Trinajstić information content (AvgIpc) is 2.78. The number of nitrogens with one attached hydrogen (secondary N) is 1. The number of amides is 2. The van der Waals surface area contributed by atoms with Gasteiger partial charge in [0.05, 0.1) is 25.4 Å². The van der Waals surface area contributed by atoms with Crippen LogP contribution in [0.5, 0.6) is 0 Å². The molecule has 1 heterocycles. The van der Waals surface area contributed by atoms with Gasteiger partial charge in [0.2, 0.25) is 0 Å². The number of rotatable bonds is 4. The molecule has 1 unspecified atom stereocenters. The van der Waals surface area contributed by atoms with Crippen molar-refractivity contribution in [2.24, 2.45) is 0 Å². The zero-order chi connectivity index (χ0) is 14.5. The predicted molar refractivity (Wildman–Crippen MR) is 69.0 cm³/mol. The van der Waals surface area contributed by atoms with Crippen molar-refractivity contribution in [3.05, 3.63) is 30.1 Å². The van der Waals surface area contributed by atoms with Gasteiger partial charge in [0, 0.05) is 0 Å². The molecular weight excluding hydrogens is 267 g/mol. The first kappa shape index (κ1) is 14.1. The molecule has 1 fully saturated rings. The van der Waals surface area contributed by atoms with Crippen molar-refractivity contribution >= 4 is 17.9 Å². The van der Waals surface area contributed by atoms with Crippen LogP contribution in [0.2, 0.25) is 0 Å². The Balaban J connectivity index is 1.92. The predicted octanol–water partition coefficient (Wildman–Crippen LogP) is 1.90. The SMILES string of the molecule is CCOC(=O)NCC1CN(c2cccc(F)c2)C(=O)O1. The number of cyclic esters (lactones) is 1. The van der Waals surface area contributed by atoms with Crippen molar-refractivity contribution in [3.8, 4) is 0 Å². The molecule has 1 atom stereocenters. The van der Waals surface area contributed by atoms with Gasteiger partial charge in [-0.3, -0.25) is 4.90 Å². The van der Waals surface area contributed by atoms with Crippen LogP contribution >= 0.6 is 0 Å². The highest BCUT2D eigenvalue weighted by atomic mass is 19.1. The molecule has 0 radical (unpaired) electrons. The van der Waals surface area contributed by atoms with Gasteiger partial charge in [-0.05, 0) is 25.1 Å². The maximum atomic E-state index is 13.1. The summed E-state index contributed by atoms with van der Waals surface area (Å²) in [7, 11) is 0. The number of hydrogen-bond donors (Lipinski definition) is 1. The second-order valence-corrected chi connectivity index (χ2v) is 4.20. The second kappa shape index (κ2) is 6.23. The van der Waals surface area contributed by atoms with Crippen molar-refractivity contribution in [1.29, 1.82) is 0 Å². The third-order valence-corrected chi connectivity index (χ3v) is 2.74. The van der Waals surface area contributed by atoms with E-state index in [2.05, 4.69) is 5.32 Å². The van der Waals surface area contributed by atoms with E-state index in [0.717, 1.165) is 0 Å². The summed E-state index contributed by atoms with van der Waals surface area (Å²) in [6.07, 6.45) is -1.62. The molecule has 0 aromatic heterocycles. The van der Waals surface area contributed by atoms with Crippen molar-refractivity contribution < 1.29 is 23.5 Å². The van der Waals surface area contributed by atoms with Crippen molar-refractivity contribution in [1.82, 2.24) is 5.32 Å². The highest BCUT2D eigenvalue weighted by Gasteiger charge is 2.32. The molecule has 0 saturated carbocycles. The summed E-state index contributed by atoms with van der Waals surface area (Å²) in [5, 5.41) is 2.49. The first-order valence-corrected chi connectivity index (χ1v) is 6.24. The topological polar surface area (TPSA) is 67.9 Å². The lowest BCUT2D eigenvalue weighted by Crippen LogP contribution is -2.34. The molecule has 7 heteroatoms. The number of halogens is 1. The fourth-order valence-corrected chi connectivity index (χ4v) is 1.86. The summed E-state index contributed by atoms with van der Waals surface area (Å²) in [4.78, 5) is 24.2. The third kappa shape index (κ3) is 3.37. The standard InChI is InChI=1S/C13H15FN2O4/c1-2-19-12(17)15-7-11-8-16(13(18)20-11)10-5-3-4-9(14)6-10/h3-6,11H,2,7-8H2,1H3,(H,15,17). The number of anilines is 1. The number of carbonyl (C=O) groups is 2. The molecular formula is C13H15FN2O4. The lowest BCUT2D eigenvalue weighted by atomic mass is 10.2. The molecule has 6 nitrogen and oxygen atoms in total. The zero-order valence-corrected chi connectivity index (χ0v) is 11.0. The molecule has 1 aliphatic rings. The van der Waals surface area contributed by atoms with Gasteiger partial charge in [0.1, 0.15) is 11.9 Å². The summed E-state index contributed by atoms with van der Waals surface area (Å²) in [5.41, 5.74) is 0.425. The summed E-state index contributed by atoms with van der Waals surface area (Å²) in [6.45, 7) is 2.36. The monoisotopic (exact) mass is 282 g/mol. The fourth-order valence-electron chi connectivity index (χ4n) is 1.86. The summed E-state index contributed by atoms with van der Waals surface area (Å²) < 4.78 is 22.9. The molecule has 2 amide bonds. The third-order valence-electron chi connectivity index (χ3n) is 2.74. The first-order chi connectivity index (χ1) is 9.60. The lowest BCUT2D eigenvalue weighted by Gasteiger charge is -2.13. The maximum absolute atomic E-state index is 13.1. The number of hydrogen-bond acceptors (Lipinski definition) is 4. The summed E-state index contributed by atoms with van der Waals surface area (Å²) in [5.74, 6) is -0.427. The van der Waals surface area contributed by atoms with E-state index in [9.17, 15) is 14.0 Å². The molecule has 1 aromatic rings. The van der Waals surface area contributed by atoms with Gasteiger partial charge in [-0.1, -0.05) is 6.07 Å². The molecule has 1 saturated heterocycles. The average molecular weight is 282 g/mol. The molecule has 0 bridgehead atoms. The van der Waals surface area contributed by atoms with Gasteiger partial charge in [-0.25, -0.2) is 14.0 Å². The minimum absolute atomic E-state index is 0.149. The smallest absolute Gasteiger partial charge is 0.414 e. The Morgan fingerprint density at radius 3 is 3.10 bits per heavy atom. The lowest BCUT2D eigenvalue weighted by molar-refractivity contribution is 0.127. The van der Waals surface area contributed by atoms with E-state index in [4.69, 9.17) is 9.47 Å². The van der Waals surface area contributed by atoms with Crippen LogP contribution in [-0.2, 0) is 9.47 Å². The van der Waals surface area contributed by atoms with Gasteiger partial charge in [0.15, 0.2) is 0 Å². The quantitative estimate of drug-likeness (QED) is 0.915. The number of carbonyl (C=O) groups excluding carboxylic acids is 2. The molecule has 2 rings (SSSR count). The van der Waals surface area contributed by atoms with E-state index >= 15 is 0 Å². The van der Waals surface area contributed by atoms with Gasteiger partial charge in [-0.2, -0.15) is 0 Å². The van der Waals surface area contributed by atoms with Crippen molar-refractivity contribution in [2.75, 3.05) is 24.6 Å². The zero-order valence-electron chi connectivity index (χ0n) is 11.0.